The second-order valence-corrected chi connectivity index (χ2v) is 3.74. The maximum absolute atomic E-state index is 11.1. The van der Waals surface area contributed by atoms with Gasteiger partial charge in [0, 0.05) is 10.9 Å². The Hall–Kier alpha value is -0.870. The molecule has 0 unspecified atom stereocenters. The molecule has 3 nitrogen and oxygen atoms in total. The average Bonchev–Trinajstić information content (AvgIpc) is 2.62. The Labute approximate surface area is 93.6 Å². The minimum absolute atomic E-state index is 0.454. The van der Waals surface area contributed by atoms with Crippen molar-refractivity contribution in [2.24, 2.45) is 0 Å². The van der Waals surface area contributed by atoms with Crippen LogP contribution < -0.4 is 0 Å². The molecule has 0 radical (unpaired) electrons. The zero-order valence-corrected chi connectivity index (χ0v) is 9.39. The third-order valence-electron chi connectivity index (χ3n) is 2.00. The van der Waals surface area contributed by atoms with Gasteiger partial charge in [-0.05, 0) is 29.3 Å². The maximum Gasteiger partial charge on any atom is 0.252 e. The number of aromatic nitrogens is 2. The van der Waals surface area contributed by atoms with E-state index in [4.69, 9.17) is 11.6 Å². The monoisotopic (exact) mass is 272 g/mol. The first-order chi connectivity index (χ1) is 6.72. The molecule has 0 aliphatic heterocycles. The molecule has 0 aliphatic rings. The molecule has 0 amide bonds. The zero-order chi connectivity index (χ0) is 10.1. The van der Waals surface area contributed by atoms with Crippen LogP contribution in [0.3, 0.4) is 0 Å². The fourth-order valence-electron chi connectivity index (χ4n) is 1.32. The normalized spacial score (nSPS) is 10.7. The zero-order valence-electron chi connectivity index (χ0n) is 7.05. The Morgan fingerprint density at radius 2 is 2.36 bits per heavy atom. The van der Waals surface area contributed by atoms with E-state index in [1.807, 2.05) is 6.07 Å². The van der Waals surface area contributed by atoms with Crippen molar-refractivity contribution in [1.82, 2.24) is 9.97 Å². The van der Waals surface area contributed by atoms with Crippen molar-refractivity contribution in [3.05, 3.63) is 29.6 Å². The van der Waals surface area contributed by atoms with Crippen LogP contribution >= 0.6 is 27.5 Å². The van der Waals surface area contributed by atoms with Crippen LogP contribution in [-0.2, 0) is 5.33 Å². The molecule has 0 atom stereocenters. The Morgan fingerprint density at radius 1 is 1.57 bits per heavy atom. The molecule has 1 N–H and O–H groups in total. The van der Waals surface area contributed by atoms with Gasteiger partial charge in [-0.15, -0.1) is 0 Å². The van der Waals surface area contributed by atoms with Gasteiger partial charge < -0.3 is 4.98 Å². The number of rotatable bonds is 2. The fraction of sp³-hybridized carbons (Fsp3) is 0.111. The van der Waals surface area contributed by atoms with Crippen molar-refractivity contribution in [2.75, 3.05) is 0 Å². The standard InChI is InChI=1S/C9H6BrClN2O/c10-3-5-1-7-8(13-4-12-7)2-6(5)9(11)14/h1-2,4H,3H2,(H,12,13). The summed E-state index contributed by atoms with van der Waals surface area (Å²) in [5, 5.41) is 0.139. The first kappa shape index (κ1) is 9.68. The molecular formula is C9H6BrClN2O. The summed E-state index contributed by atoms with van der Waals surface area (Å²) >= 11 is 8.76. The third kappa shape index (κ3) is 1.55. The Balaban J connectivity index is 2.72. The van der Waals surface area contributed by atoms with Crippen molar-refractivity contribution in [2.45, 2.75) is 5.33 Å². The molecule has 0 saturated carbocycles. The van der Waals surface area contributed by atoms with Crippen molar-refractivity contribution >= 4 is 43.8 Å². The highest BCUT2D eigenvalue weighted by Crippen LogP contribution is 2.21. The Morgan fingerprint density at radius 3 is 3.00 bits per heavy atom. The number of halogens is 2. The van der Waals surface area contributed by atoms with Crippen molar-refractivity contribution in [3.63, 3.8) is 0 Å². The number of benzene rings is 1. The van der Waals surface area contributed by atoms with Gasteiger partial charge in [0.25, 0.3) is 5.24 Å². The number of fused-ring (bicyclic) bond motifs is 1. The predicted octanol–water partition coefficient (Wildman–Crippen LogP) is 2.84. The predicted molar refractivity (Wildman–Crippen MR) is 58.9 cm³/mol. The lowest BCUT2D eigenvalue weighted by Gasteiger charge is -2.01. The highest BCUT2D eigenvalue weighted by Gasteiger charge is 2.10. The van der Waals surface area contributed by atoms with Gasteiger partial charge in [0.15, 0.2) is 0 Å². The second-order valence-electron chi connectivity index (χ2n) is 2.84. The van der Waals surface area contributed by atoms with Crippen LogP contribution in [-0.4, -0.2) is 15.2 Å². The van der Waals surface area contributed by atoms with Crippen molar-refractivity contribution in [1.29, 1.82) is 0 Å². The van der Waals surface area contributed by atoms with E-state index in [1.54, 1.807) is 12.4 Å². The van der Waals surface area contributed by atoms with Gasteiger partial charge in [0.1, 0.15) is 0 Å². The van der Waals surface area contributed by atoms with Crippen LogP contribution in [0.5, 0.6) is 0 Å². The average molecular weight is 274 g/mol. The molecule has 0 bridgehead atoms. The summed E-state index contributed by atoms with van der Waals surface area (Å²) in [6, 6.07) is 3.56. The first-order valence-corrected chi connectivity index (χ1v) is 5.44. The molecule has 1 aromatic heterocycles. The lowest BCUT2D eigenvalue weighted by Crippen LogP contribution is -1.95. The quantitative estimate of drug-likeness (QED) is 0.675. The number of aromatic amines is 1. The van der Waals surface area contributed by atoms with E-state index in [1.165, 1.54) is 0 Å². The van der Waals surface area contributed by atoms with Gasteiger partial charge in [-0.1, -0.05) is 15.9 Å². The SMILES string of the molecule is O=C(Cl)c1cc2nc[nH]c2cc1CBr. The van der Waals surface area contributed by atoms with Crippen LogP contribution in [0.4, 0.5) is 0 Å². The molecule has 0 spiro atoms. The molecule has 2 rings (SSSR count). The molecule has 1 heterocycles. The molecule has 0 saturated heterocycles. The van der Waals surface area contributed by atoms with Crippen molar-refractivity contribution < 1.29 is 4.79 Å². The molecule has 0 aliphatic carbocycles. The van der Waals surface area contributed by atoms with Gasteiger partial charge in [-0.3, -0.25) is 4.79 Å². The summed E-state index contributed by atoms with van der Waals surface area (Å²) < 4.78 is 0. The minimum Gasteiger partial charge on any atom is -0.345 e. The van der Waals surface area contributed by atoms with E-state index in [0.717, 1.165) is 16.6 Å². The molecule has 1 aromatic carbocycles. The lowest BCUT2D eigenvalue weighted by molar-refractivity contribution is 0.108. The maximum atomic E-state index is 11.1. The van der Waals surface area contributed by atoms with Gasteiger partial charge in [-0.2, -0.15) is 0 Å². The summed E-state index contributed by atoms with van der Waals surface area (Å²) in [7, 11) is 0. The molecule has 72 valence electrons. The number of nitrogens with zero attached hydrogens (tertiary/aromatic N) is 1. The Bertz CT molecular complexity index is 495. The van der Waals surface area contributed by atoms with E-state index < -0.39 is 5.24 Å². The summed E-state index contributed by atoms with van der Waals surface area (Å²) in [5.41, 5.74) is 3.02. The molecular weight excluding hydrogens is 267 g/mol. The summed E-state index contributed by atoms with van der Waals surface area (Å²) in [6.45, 7) is 0. The third-order valence-corrected chi connectivity index (χ3v) is 2.81. The molecule has 0 fully saturated rings. The Kier molecular flexibility index (Phi) is 2.56. The summed E-state index contributed by atoms with van der Waals surface area (Å²) in [6.07, 6.45) is 1.59. The number of alkyl halides is 1. The molecule has 5 heteroatoms. The molecule has 14 heavy (non-hydrogen) atoms. The second kappa shape index (κ2) is 3.71. The highest BCUT2D eigenvalue weighted by atomic mass is 79.9. The lowest BCUT2D eigenvalue weighted by atomic mass is 10.1. The van der Waals surface area contributed by atoms with Gasteiger partial charge >= 0.3 is 0 Å². The smallest absolute Gasteiger partial charge is 0.252 e. The summed E-state index contributed by atoms with van der Waals surface area (Å²) in [5.74, 6) is 0. The van der Waals surface area contributed by atoms with Gasteiger partial charge in [0.2, 0.25) is 0 Å². The van der Waals surface area contributed by atoms with Crippen LogP contribution in [0, 0.1) is 0 Å². The van der Waals surface area contributed by atoms with E-state index in [9.17, 15) is 4.79 Å². The van der Waals surface area contributed by atoms with Crippen LogP contribution in [0.1, 0.15) is 15.9 Å². The van der Waals surface area contributed by atoms with E-state index in [2.05, 4.69) is 25.9 Å². The highest BCUT2D eigenvalue weighted by molar-refractivity contribution is 9.08. The van der Waals surface area contributed by atoms with E-state index >= 15 is 0 Å². The topological polar surface area (TPSA) is 45.8 Å². The number of nitrogens with one attached hydrogen (secondary N) is 1. The first-order valence-electron chi connectivity index (χ1n) is 3.94. The number of imidazole rings is 1. The minimum atomic E-state index is -0.454. The van der Waals surface area contributed by atoms with Gasteiger partial charge in [-0.25, -0.2) is 4.98 Å². The largest absolute Gasteiger partial charge is 0.345 e. The van der Waals surface area contributed by atoms with E-state index in [-0.39, 0.29) is 0 Å². The number of carbonyl (C=O) groups excluding carboxylic acids is 1. The number of hydrogen-bond donors (Lipinski definition) is 1. The van der Waals surface area contributed by atoms with Crippen LogP contribution in [0.2, 0.25) is 0 Å². The molecule has 2 aromatic rings. The van der Waals surface area contributed by atoms with E-state index in [0.29, 0.717) is 10.9 Å². The number of H-pyrrole nitrogens is 1. The number of carbonyl (C=O) groups is 1. The number of hydrogen-bond acceptors (Lipinski definition) is 2. The summed E-state index contributed by atoms with van der Waals surface area (Å²) in [4.78, 5) is 18.1. The van der Waals surface area contributed by atoms with Crippen LogP contribution in [0.25, 0.3) is 11.0 Å². The van der Waals surface area contributed by atoms with Gasteiger partial charge in [0.05, 0.1) is 17.4 Å². The fourth-order valence-corrected chi connectivity index (χ4v) is 1.96. The van der Waals surface area contributed by atoms with Crippen LogP contribution in [0.15, 0.2) is 18.5 Å². The van der Waals surface area contributed by atoms with Crippen molar-refractivity contribution in [3.8, 4) is 0 Å².